The molecule has 2 N–H and O–H groups in total. The fourth-order valence-corrected chi connectivity index (χ4v) is 3.92. The number of aliphatic carboxylic acids is 1. The van der Waals surface area contributed by atoms with Crippen molar-refractivity contribution in [2.75, 3.05) is 18.1 Å². The Labute approximate surface area is 122 Å². The molecule has 2 heterocycles. The average molecular weight is 293 g/mol. The highest BCUT2D eigenvalue weighted by Gasteiger charge is 2.32. The second-order valence-electron chi connectivity index (χ2n) is 5.37. The molecule has 3 rings (SSSR count). The maximum Gasteiger partial charge on any atom is 0.307 e. The van der Waals surface area contributed by atoms with Gasteiger partial charge in [-0.05, 0) is 24.7 Å². The molecule has 5 heteroatoms. The van der Waals surface area contributed by atoms with E-state index in [0.717, 1.165) is 29.2 Å². The predicted octanol–water partition coefficient (Wildman–Crippen LogP) is 2.31. The van der Waals surface area contributed by atoms with E-state index in [9.17, 15) is 4.79 Å². The van der Waals surface area contributed by atoms with Gasteiger partial charge in [0.1, 0.15) is 11.9 Å². The average Bonchev–Trinajstić information content (AvgIpc) is 3.10. The van der Waals surface area contributed by atoms with Crippen molar-refractivity contribution in [3.05, 3.63) is 29.8 Å². The minimum Gasteiger partial charge on any atom is -0.489 e. The lowest BCUT2D eigenvalue weighted by atomic mass is 9.99. The minimum absolute atomic E-state index is 0.0846. The molecule has 1 aromatic rings. The van der Waals surface area contributed by atoms with Gasteiger partial charge in [-0.15, -0.1) is 0 Å². The van der Waals surface area contributed by atoms with Gasteiger partial charge in [-0.2, -0.15) is 11.8 Å². The summed E-state index contributed by atoms with van der Waals surface area (Å²) in [6.45, 7) is 0.535. The molecule has 3 unspecified atom stereocenters. The molecule has 0 aliphatic carbocycles. The highest BCUT2D eigenvalue weighted by Crippen LogP contribution is 2.34. The lowest BCUT2D eigenvalue weighted by Gasteiger charge is -2.19. The standard InChI is InChI=1S/C15H19NO3S/c17-15(18)10-7-13(16-8-10)12-3-1-2-4-14(12)19-11-5-6-20-9-11/h1-4,10-11,13,16H,5-9H2,(H,17,18). The number of nitrogens with one attached hydrogen (secondary N) is 1. The number of rotatable bonds is 4. The van der Waals surface area contributed by atoms with Gasteiger partial charge in [0.25, 0.3) is 0 Å². The molecule has 2 aliphatic rings. The molecular weight excluding hydrogens is 274 g/mol. The molecule has 0 amide bonds. The first kappa shape index (κ1) is 13.8. The Morgan fingerprint density at radius 1 is 1.40 bits per heavy atom. The Morgan fingerprint density at radius 3 is 2.95 bits per heavy atom. The molecule has 2 saturated heterocycles. The van der Waals surface area contributed by atoms with Crippen LogP contribution in [0, 0.1) is 5.92 Å². The Kier molecular flexibility index (Phi) is 4.17. The maximum absolute atomic E-state index is 11.1. The number of carboxylic acids is 1. The largest absolute Gasteiger partial charge is 0.489 e. The molecule has 3 atom stereocenters. The SMILES string of the molecule is O=C(O)C1CNC(c2ccccc2OC2CCSC2)C1. The first-order chi connectivity index (χ1) is 9.74. The van der Waals surface area contributed by atoms with Crippen LogP contribution in [0.15, 0.2) is 24.3 Å². The van der Waals surface area contributed by atoms with Crippen molar-refractivity contribution >= 4 is 17.7 Å². The molecular formula is C15H19NO3S. The Balaban J connectivity index is 1.74. The van der Waals surface area contributed by atoms with Gasteiger partial charge >= 0.3 is 5.97 Å². The number of hydrogen-bond acceptors (Lipinski definition) is 4. The van der Waals surface area contributed by atoms with E-state index in [1.165, 1.54) is 0 Å². The molecule has 20 heavy (non-hydrogen) atoms. The van der Waals surface area contributed by atoms with E-state index in [0.29, 0.717) is 13.0 Å². The number of thioether (sulfide) groups is 1. The summed E-state index contributed by atoms with van der Waals surface area (Å²) >= 11 is 1.93. The van der Waals surface area contributed by atoms with Crippen molar-refractivity contribution in [2.24, 2.45) is 5.92 Å². The molecule has 0 saturated carbocycles. The Morgan fingerprint density at radius 2 is 2.25 bits per heavy atom. The Hall–Kier alpha value is -1.20. The number of carbonyl (C=O) groups is 1. The second-order valence-corrected chi connectivity index (χ2v) is 6.52. The molecule has 2 fully saturated rings. The van der Waals surface area contributed by atoms with Crippen molar-refractivity contribution < 1.29 is 14.6 Å². The fourth-order valence-electron chi connectivity index (χ4n) is 2.82. The number of ether oxygens (including phenoxy) is 1. The summed E-state index contributed by atoms with van der Waals surface area (Å²) in [6, 6.07) is 8.08. The zero-order chi connectivity index (χ0) is 13.9. The maximum atomic E-state index is 11.1. The number of carboxylic acid groups (broad SMARTS) is 1. The van der Waals surface area contributed by atoms with Crippen molar-refractivity contribution in [1.29, 1.82) is 0 Å². The lowest BCUT2D eigenvalue weighted by Crippen LogP contribution is -2.19. The van der Waals surface area contributed by atoms with Gasteiger partial charge in [-0.1, -0.05) is 18.2 Å². The van der Waals surface area contributed by atoms with E-state index in [-0.39, 0.29) is 18.1 Å². The molecule has 2 aliphatic heterocycles. The summed E-state index contributed by atoms with van der Waals surface area (Å²) in [5.41, 5.74) is 1.09. The van der Waals surface area contributed by atoms with Crippen LogP contribution in [0.1, 0.15) is 24.4 Å². The molecule has 0 bridgehead atoms. The summed E-state index contributed by atoms with van der Waals surface area (Å²) in [7, 11) is 0. The van der Waals surface area contributed by atoms with E-state index < -0.39 is 5.97 Å². The van der Waals surface area contributed by atoms with Crippen LogP contribution < -0.4 is 10.1 Å². The number of hydrogen-bond donors (Lipinski definition) is 2. The third kappa shape index (κ3) is 2.94. The van der Waals surface area contributed by atoms with E-state index in [4.69, 9.17) is 9.84 Å². The first-order valence-corrected chi connectivity index (χ1v) is 8.19. The predicted molar refractivity (Wildman–Crippen MR) is 79.3 cm³/mol. The van der Waals surface area contributed by atoms with Crippen LogP contribution in [0.5, 0.6) is 5.75 Å². The molecule has 0 aromatic heterocycles. The zero-order valence-electron chi connectivity index (χ0n) is 11.2. The molecule has 0 radical (unpaired) electrons. The van der Waals surface area contributed by atoms with Crippen LogP contribution in [-0.4, -0.2) is 35.2 Å². The van der Waals surface area contributed by atoms with E-state index in [1.807, 2.05) is 36.0 Å². The third-order valence-electron chi connectivity index (χ3n) is 3.96. The van der Waals surface area contributed by atoms with Crippen LogP contribution in [0.4, 0.5) is 0 Å². The molecule has 0 spiro atoms. The van der Waals surface area contributed by atoms with Crippen molar-refractivity contribution in [3.63, 3.8) is 0 Å². The topological polar surface area (TPSA) is 58.6 Å². The normalized spacial score (nSPS) is 29.5. The quantitative estimate of drug-likeness (QED) is 0.892. The zero-order valence-corrected chi connectivity index (χ0v) is 12.1. The van der Waals surface area contributed by atoms with Gasteiger partial charge < -0.3 is 15.2 Å². The van der Waals surface area contributed by atoms with Crippen LogP contribution in [0.2, 0.25) is 0 Å². The van der Waals surface area contributed by atoms with Gasteiger partial charge in [-0.3, -0.25) is 4.79 Å². The fraction of sp³-hybridized carbons (Fsp3) is 0.533. The van der Waals surface area contributed by atoms with Gasteiger partial charge in [0.15, 0.2) is 0 Å². The smallest absolute Gasteiger partial charge is 0.307 e. The van der Waals surface area contributed by atoms with Crippen LogP contribution in [0.3, 0.4) is 0 Å². The lowest BCUT2D eigenvalue weighted by molar-refractivity contribution is -0.141. The highest BCUT2D eigenvalue weighted by atomic mass is 32.2. The van der Waals surface area contributed by atoms with Crippen molar-refractivity contribution in [2.45, 2.75) is 25.0 Å². The van der Waals surface area contributed by atoms with Gasteiger partial charge in [0, 0.05) is 23.9 Å². The molecule has 4 nitrogen and oxygen atoms in total. The third-order valence-corrected chi connectivity index (χ3v) is 5.09. The molecule has 108 valence electrons. The minimum atomic E-state index is -0.717. The summed E-state index contributed by atoms with van der Waals surface area (Å²) in [5.74, 6) is 2.10. The van der Waals surface area contributed by atoms with E-state index >= 15 is 0 Å². The van der Waals surface area contributed by atoms with E-state index in [1.54, 1.807) is 0 Å². The van der Waals surface area contributed by atoms with Gasteiger partial charge in [0.2, 0.25) is 0 Å². The van der Waals surface area contributed by atoms with Crippen molar-refractivity contribution in [3.8, 4) is 5.75 Å². The van der Waals surface area contributed by atoms with Gasteiger partial charge in [0.05, 0.1) is 5.92 Å². The summed E-state index contributed by atoms with van der Waals surface area (Å²) in [5, 5.41) is 12.4. The van der Waals surface area contributed by atoms with Crippen molar-refractivity contribution in [1.82, 2.24) is 5.32 Å². The Bertz CT molecular complexity index is 488. The second kappa shape index (κ2) is 6.06. The summed E-state index contributed by atoms with van der Waals surface area (Å²) in [4.78, 5) is 11.1. The highest BCUT2D eigenvalue weighted by molar-refractivity contribution is 7.99. The summed E-state index contributed by atoms with van der Waals surface area (Å²) < 4.78 is 6.11. The van der Waals surface area contributed by atoms with Gasteiger partial charge in [-0.25, -0.2) is 0 Å². The summed E-state index contributed by atoms with van der Waals surface area (Å²) in [6.07, 6.45) is 2.02. The molecule has 1 aromatic carbocycles. The monoisotopic (exact) mass is 293 g/mol. The van der Waals surface area contributed by atoms with Crippen LogP contribution in [-0.2, 0) is 4.79 Å². The number of para-hydroxylation sites is 1. The van der Waals surface area contributed by atoms with E-state index in [2.05, 4.69) is 5.32 Å². The number of benzene rings is 1. The first-order valence-electron chi connectivity index (χ1n) is 7.03. The van der Waals surface area contributed by atoms with Crippen LogP contribution in [0.25, 0.3) is 0 Å². The van der Waals surface area contributed by atoms with Crippen LogP contribution >= 0.6 is 11.8 Å².